The number of hydrogen-bond acceptors (Lipinski definition) is 7. The summed E-state index contributed by atoms with van der Waals surface area (Å²) in [6.45, 7) is 0. The molecule has 23 heavy (non-hydrogen) atoms. The van der Waals surface area contributed by atoms with Gasteiger partial charge in [0.25, 0.3) is 5.69 Å². The van der Waals surface area contributed by atoms with Crippen molar-refractivity contribution in [1.82, 2.24) is 4.90 Å². The molecule has 1 unspecified atom stereocenters. The van der Waals surface area contributed by atoms with E-state index in [2.05, 4.69) is 15.9 Å². The number of fused-ring (bicyclic) bond motifs is 1. The molecular weight excluding hydrogens is 392 g/mol. The van der Waals surface area contributed by atoms with E-state index in [-0.39, 0.29) is 27.4 Å². The van der Waals surface area contributed by atoms with E-state index >= 15 is 0 Å². The summed E-state index contributed by atoms with van der Waals surface area (Å²) in [5.74, 6) is -1.53. The number of hydrogen-bond donors (Lipinski definition) is 0. The maximum Gasteiger partial charge on any atom is 0.345 e. The summed E-state index contributed by atoms with van der Waals surface area (Å²) in [6.07, 6.45) is 0. The number of carbonyl (C=O) groups is 3. The molecule has 0 aliphatic carbocycles. The Morgan fingerprint density at radius 2 is 2.00 bits per heavy atom. The standard InChI is InChI=1S/C13H9BrN2O6S/c14-9-10(17)15-8(5-23-11(9)15)13(19)22-12(18)6-1-3-7(4-2-6)16(20)21/h1-4,8-9,11H,5H2/t8?,9-,11+/m0/s1. The van der Waals surface area contributed by atoms with Crippen LogP contribution in [0.5, 0.6) is 0 Å². The molecule has 120 valence electrons. The van der Waals surface area contributed by atoms with E-state index in [1.807, 2.05) is 0 Å². The van der Waals surface area contributed by atoms with Gasteiger partial charge in [-0.2, -0.15) is 0 Å². The lowest BCUT2D eigenvalue weighted by atomic mass is 10.1. The molecule has 1 aromatic carbocycles. The maximum atomic E-state index is 12.1. The number of β-lactam (4-membered cyclic amide) rings is 1. The highest BCUT2D eigenvalue weighted by Gasteiger charge is 2.56. The van der Waals surface area contributed by atoms with Crippen LogP contribution in [0, 0.1) is 10.1 Å². The first kappa shape index (κ1) is 15.9. The molecular formula is C13H9BrN2O6S. The highest BCUT2D eigenvalue weighted by atomic mass is 79.9. The SMILES string of the molecule is O=C(OC(=O)C1CS[C@@H]2[C@@H](Br)C(=O)N12)c1ccc([N+](=O)[O-])cc1. The lowest BCUT2D eigenvalue weighted by molar-refractivity contribution is -0.384. The quantitative estimate of drug-likeness (QED) is 0.188. The van der Waals surface area contributed by atoms with Crippen molar-refractivity contribution in [2.75, 3.05) is 5.75 Å². The molecule has 3 atom stereocenters. The van der Waals surface area contributed by atoms with Crippen LogP contribution in [-0.2, 0) is 14.3 Å². The first-order valence-electron chi connectivity index (χ1n) is 6.48. The normalized spacial score (nSPS) is 25.5. The number of alkyl halides is 1. The summed E-state index contributed by atoms with van der Waals surface area (Å²) in [6, 6.07) is 3.94. The highest BCUT2D eigenvalue weighted by molar-refractivity contribution is 9.10. The van der Waals surface area contributed by atoms with Gasteiger partial charge >= 0.3 is 11.9 Å². The van der Waals surface area contributed by atoms with Crippen molar-refractivity contribution in [3.63, 3.8) is 0 Å². The molecule has 0 saturated carbocycles. The zero-order valence-corrected chi connectivity index (χ0v) is 13.8. The largest absolute Gasteiger partial charge is 0.388 e. The summed E-state index contributed by atoms with van der Waals surface area (Å²) in [5, 5.41) is 10.4. The van der Waals surface area contributed by atoms with Crippen LogP contribution < -0.4 is 0 Å². The van der Waals surface area contributed by atoms with Crippen molar-refractivity contribution >= 4 is 51.2 Å². The number of rotatable bonds is 3. The number of esters is 2. The first-order chi connectivity index (χ1) is 10.9. The van der Waals surface area contributed by atoms with Gasteiger partial charge in [-0.25, -0.2) is 9.59 Å². The van der Waals surface area contributed by atoms with Crippen molar-refractivity contribution in [2.24, 2.45) is 0 Å². The fourth-order valence-corrected chi connectivity index (χ4v) is 4.66. The molecule has 10 heteroatoms. The summed E-state index contributed by atoms with van der Waals surface area (Å²) < 4.78 is 4.79. The Labute approximate surface area is 142 Å². The van der Waals surface area contributed by atoms with Crippen LogP contribution >= 0.6 is 27.7 Å². The molecule has 1 aromatic rings. The average molecular weight is 401 g/mol. The zero-order chi connectivity index (χ0) is 16.7. The second-order valence-electron chi connectivity index (χ2n) is 4.90. The number of carbonyl (C=O) groups excluding carboxylic acids is 3. The van der Waals surface area contributed by atoms with Gasteiger partial charge in [0.1, 0.15) is 16.2 Å². The molecule has 0 bridgehead atoms. The predicted molar refractivity (Wildman–Crippen MR) is 83.1 cm³/mol. The van der Waals surface area contributed by atoms with Gasteiger partial charge in [0.15, 0.2) is 0 Å². The number of amides is 1. The number of nitro benzene ring substituents is 1. The van der Waals surface area contributed by atoms with E-state index in [1.165, 1.54) is 28.8 Å². The van der Waals surface area contributed by atoms with Crippen molar-refractivity contribution in [1.29, 1.82) is 0 Å². The van der Waals surface area contributed by atoms with Crippen LogP contribution in [0.2, 0.25) is 0 Å². The number of thioether (sulfide) groups is 1. The third-order valence-corrected chi connectivity index (χ3v) is 6.15. The van der Waals surface area contributed by atoms with Gasteiger partial charge in [-0.05, 0) is 12.1 Å². The third kappa shape index (κ3) is 2.72. The van der Waals surface area contributed by atoms with Crippen molar-refractivity contribution in [3.05, 3.63) is 39.9 Å². The van der Waals surface area contributed by atoms with Crippen molar-refractivity contribution < 1.29 is 24.0 Å². The molecule has 3 rings (SSSR count). The molecule has 0 aromatic heterocycles. The fourth-order valence-electron chi connectivity index (χ4n) is 2.33. The lowest BCUT2D eigenvalue weighted by Gasteiger charge is -2.40. The fraction of sp³-hybridized carbons (Fsp3) is 0.308. The van der Waals surface area contributed by atoms with Crippen LogP contribution in [0.25, 0.3) is 0 Å². The molecule has 2 aliphatic rings. The molecule has 0 N–H and O–H groups in total. The average Bonchev–Trinajstić information content (AvgIpc) is 2.95. The molecule has 1 amide bonds. The van der Waals surface area contributed by atoms with Crippen LogP contribution in [0.15, 0.2) is 24.3 Å². The van der Waals surface area contributed by atoms with E-state index < -0.39 is 22.9 Å². The highest BCUT2D eigenvalue weighted by Crippen LogP contribution is 2.43. The van der Waals surface area contributed by atoms with E-state index in [9.17, 15) is 24.5 Å². The minimum absolute atomic E-state index is 0.0273. The third-order valence-electron chi connectivity index (χ3n) is 3.55. The zero-order valence-electron chi connectivity index (χ0n) is 11.4. The van der Waals surface area contributed by atoms with Crippen LogP contribution in [0.1, 0.15) is 10.4 Å². The van der Waals surface area contributed by atoms with Gasteiger partial charge in [0.2, 0.25) is 5.91 Å². The molecule has 2 heterocycles. The van der Waals surface area contributed by atoms with E-state index in [4.69, 9.17) is 4.74 Å². The Morgan fingerprint density at radius 3 is 2.61 bits per heavy atom. The number of halogens is 1. The maximum absolute atomic E-state index is 12.1. The summed E-state index contributed by atoms with van der Waals surface area (Å²) in [5.41, 5.74) is -0.142. The summed E-state index contributed by atoms with van der Waals surface area (Å²) in [4.78, 5) is 46.8. The Kier molecular flexibility index (Phi) is 4.11. The van der Waals surface area contributed by atoms with Crippen LogP contribution in [0.4, 0.5) is 5.69 Å². The molecule has 2 fully saturated rings. The van der Waals surface area contributed by atoms with E-state index in [0.29, 0.717) is 5.75 Å². The molecule has 2 aliphatic heterocycles. The Morgan fingerprint density at radius 1 is 1.35 bits per heavy atom. The van der Waals surface area contributed by atoms with Gasteiger partial charge < -0.3 is 9.64 Å². The molecule has 0 radical (unpaired) electrons. The number of nitrogens with zero attached hydrogens (tertiary/aromatic N) is 2. The van der Waals surface area contributed by atoms with Gasteiger partial charge in [-0.1, -0.05) is 15.9 Å². The summed E-state index contributed by atoms with van der Waals surface area (Å²) in [7, 11) is 0. The van der Waals surface area contributed by atoms with Crippen LogP contribution in [-0.4, -0.2) is 49.7 Å². The van der Waals surface area contributed by atoms with Crippen molar-refractivity contribution in [3.8, 4) is 0 Å². The minimum atomic E-state index is -0.901. The Hall–Kier alpha value is -1.94. The molecule has 2 saturated heterocycles. The lowest BCUT2D eigenvalue weighted by Crippen LogP contribution is -2.62. The minimum Gasteiger partial charge on any atom is -0.388 e. The predicted octanol–water partition coefficient (Wildman–Crippen LogP) is 1.33. The number of non-ortho nitro benzene ring substituents is 1. The number of benzene rings is 1. The Bertz CT molecular complexity index is 709. The van der Waals surface area contributed by atoms with E-state index in [0.717, 1.165) is 12.1 Å². The second kappa shape index (κ2) is 5.93. The van der Waals surface area contributed by atoms with Gasteiger partial charge in [0.05, 0.1) is 10.5 Å². The second-order valence-corrected chi connectivity index (χ2v) is 7.04. The molecule has 0 spiro atoms. The number of ether oxygens (including phenoxy) is 1. The molecule has 8 nitrogen and oxygen atoms in total. The van der Waals surface area contributed by atoms with E-state index in [1.54, 1.807) is 0 Å². The topological polar surface area (TPSA) is 107 Å². The monoisotopic (exact) mass is 400 g/mol. The first-order valence-corrected chi connectivity index (χ1v) is 8.45. The van der Waals surface area contributed by atoms with Gasteiger partial charge in [0, 0.05) is 17.9 Å². The summed E-state index contributed by atoms with van der Waals surface area (Å²) >= 11 is 4.67. The van der Waals surface area contributed by atoms with Gasteiger partial charge in [-0.3, -0.25) is 14.9 Å². The smallest absolute Gasteiger partial charge is 0.345 e. The van der Waals surface area contributed by atoms with Gasteiger partial charge in [-0.15, -0.1) is 11.8 Å². The Balaban J connectivity index is 1.65. The van der Waals surface area contributed by atoms with Crippen LogP contribution in [0.3, 0.4) is 0 Å². The van der Waals surface area contributed by atoms with Crippen molar-refractivity contribution in [2.45, 2.75) is 16.2 Å². The number of nitro groups is 1.